The van der Waals surface area contributed by atoms with Crippen LogP contribution in [0.5, 0.6) is 0 Å². The van der Waals surface area contributed by atoms with Gasteiger partial charge in [0.15, 0.2) is 0 Å². The van der Waals surface area contributed by atoms with Gasteiger partial charge in [-0.05, 0) is 30.5 Å². The van der Waals surface area contributed by atoms with Crippen LogP contribution in [0.25, 0.3) is 0 Å². The van der Waals surface area contributed by atoms with Gasteiger partial charge < -0.3 is 15.2 Å². The van der Waals surface area contributed by atoms with E-state index in [1.54, 1.807) is 0 Å². The number of nitrogens with one attached hydrogen (secondary N) is 1. The second kappa shape index (κ2) is 7.23. The third-order valence-corrected chi connectivity index (χ3v) is 4.03. The number of carboxylic acid groups (broad SMARTS) is 1. The second-order valence-corrected chi connectivity index (χ2v) is 5.70. The van der Waals surface area contributed by atoms with Crippen molar-refractivity contribution in [3.63, 3.8) is 0 Å². The van der Waals surface area contributed by atoms with Gasteiger partial charge in [0, 0.05) is 24.4 Å². The molecule has 0 spiro atoms. The first-order valence-electron chi connectivity index (χ1n) is 7.80. The van der Waals surface area contributed by atoms with Crippen molar-refractivity contribution in [1.82, 2.24) is 10.3 Å². The molecule has 2 unspecified atom stereocenters. The minimum Gasteiger partial charge on any atom is -0.477 e. The molecule has 0 saturated carbocycles. The van der Waals surface area contributed by atoms with Crippen LogP contribution in [0.15, 0.2) is 48.7 Å². The lowest BCUT2D eigenvalue weighted by atomic mass is 9.97. The first kappa shape index (κ1) is 16.1. The summed E-state index contributed by atoms with van der Waals surface area (Å²) in [6, 6.07) is 12.7. The third kappa shape index (κ3) is 3.78. The Bertz CT molecular complexity index is 733. The molecule has 2 atom stereocenters. The van der Waals surface area contributed by atoms with E-state index in [2.05, 4.69) is 10.3 Å². The molecule has 0 bridgehead atoms. The van der Waals surface area contributed by atoms with Gasteiger partial charge in [0.25, 0.3) is 5.91 Å². The second-order valence-electron chi connectivity index (χ2n) is 5.70. The van der Waals surface area contributed by atoms with Gasteiger partial charge in [0.2, 0.25) is 0 Å². The van der Waals surface area contributed by atoms with Gasteiger partial charge in [-0.15, -0.1) is 0 Å². The summed E-state index contributed by atoms with van der Waals surface area (Å²) < 4.78 is 5.79. The molecule has 124 valence electrons. The van der Waals surface area contributed by atoms with Gasteiger partial charge in [-0.2, -0.15) is 0 Å². The number of hydrogen-bond donors (Lipinski definition) is 2. The maximum atomic E-state index is 12.4. The molecule has 1 fully saturated rings. The lowest BCUT2D eigenvalue weighted by Crippen LogP contribution is -2.39. The third-order valence-electron chi connectivity index (χ3n) is 4.03. The predicted octanol–water partition coefficient (Wildman–Crippen LogP) is 2.43. The highest BCUT2D eigenvalue weighted by molar-refractivity contribution is 5.96. The fraction of sp³-hybridized carbons (Fsp3) is 0.278. The number of benzene rings is 1. The van der Waals surface area contributed by atoms with Crippen LogP contribution in [0, 0.1) is 0 Å². The summed E-state index contributed by atoms with van der Waals surface area (Å²) in [5.74, 6) is -1.45. The SMILES string of the molecule is O=C(NC1CCOC(c2ccccc2)C1)c1ccnc(C(=O)O)c1. The van der Waals surface area contributed by atoms with E-state index in [1.807, 2.05) is 30.3 Å². The summed E-state index contributed by atoms with van der Waals surface area (Å²) in [5.41, 5.74) is 1.25. The number of rotatable bonds is 4. The Labute approximate surface area is 139 Å². The Balaban J connectivity index is 1.66. The van der Waals surface area contributed by atoms with Gasteiger partial charge in [0.1, 0.15) is 5.69 Å². The quantitative estimate of drug-likeness (QED) is 0.901. The maximum absolute atomic E-state index is 12.4. The van der Waals surface area contributed by atoms with Gasteiger partial charge in [0.05, 0.1) is 6.10 Å². The molecule has 6 heteroatoms. The van der Waals surface area contributed by atoms with Gasteiger partial charge in [-0.3, -0.25) is 4.79 Å². The number of carboxylic acids is 1. The molecule has 1 aromatic heterocycles. The van der Waals surface area contributed by atoms with Crippen LogP contribution >= 0.6 is 0 Å². The molecule has 1 aromatic carbocycles. The van der Waals surface area contributed by atoms with Crippen molar-refractivity contribution in [2.75, 3.05) is 6.61 Å². The molecule has 1 aliphatic heterocycles. The number of pyridine rings is 1. The first-order chi connectivity index (χ1) is 11.6. The maximum Gasteiger partial charge on any atom is 0.354 e. The Morgan fingerprint density at radius 2 is 2.00 bits per heavy atom. The van der Waals surface area contributed by atoms with E-state index in [0.29, 0.717) is 18.6 Å². The largest absolute Gasteiger partial charge is 0.477 e. The number of carbonyl (C=O) groups is 2. The van der Waals surface area contributed by atoms with Crippen LogP contribution in [0.2, 0.25) is 0 Å². The smallest absolute Gasteiger partial charge is 0.354 e. The first-order valence-corrected chi connectivity index (χ1v) is 7.80. The van der Waals surface area contributed by atoms with Crippen LogP contribution < -0.4 is 5.32 Å². The van der Waals surface area contributed by atoms with E-state index in [1.165, 1.54) is 18.3 Å². The van der Waals surface area contributed by atoms with Crippen molar-refractivity contribution >= 4 is 11.9 Å². The summed E-state index contributed by atoms with van der Waals surface area (Å²) in [7, 11) is 0. The lowest BCUT2D eigenvalue weighted by molar-refractivity contribution is 0.000903. The van der Waals surface area contributed by atoms with Crippen molar-refractivity contribution in [2.24, 2.45) is 0 Å². The van der Waals surface area contributed by atoms with E-state index in [9.17, 15) is 9.59 Å². The standard InChI is InChI=1S/C18H18N2O4/c21-17(13-6-8-19-15(10-13)18(22)23)20-14-7-9-24-16(11-14)12-4-2-1-3-5-12/h1-6,8,10,14,16H,7,9,11H2,(H,20,21)(H,22,23). The normalized spacial score (nSPS) is 20.3. The van der Waals surface area contributed by atoms with Crippen LogP contribution in [0.1, 0.15) is 45.4 Å². The number of nitrogens with zero attached hydrogens (tertiary/aromatic N) is 1. The molecular formula is C18H18N2O4. The highest BCUT2D eigenvalue weighted by Gasteiger charge is 2.25. The predicted molar refractivity (Wildman–Crippen MR) is 86.8 cm³/mol. The fourth-order valence-electron chi connectivity index (χ4n) is 2.79. The number of carbonyl (C=O) groups excluding carboxylic acids is 1. The van der Waals surface area contributed by atoms with Gasteiger partial charge in [-0.25, -0.2) is 9.78 Å². The minimum atomic E-state index is -1.15. The van der Waals surface area contributed by atoms with Crippen LogP contribution in [0.4, 0.5) is 0 Å². The molecule has 3 rings (SSSR count). The Hall–Kier alpha value is -2.73. The van der Waals surface area contributed by atoms with E-state index < -0.39 is 5.97 Å². The number of aromatic nitrogens is 1. The zero-order chi connectivity index (χ0) is 16.9. The summed E-state index contributed by atoms with van der Waals surface area (Å²) >= 11 is 0. The summed E-state index contributed by atoms with van der Waals surface area (Å²) in [6.07, 6.45) is 2.70. The van der Waals surface area contributed by atoms with Gasteiger partial charge >= 0.3 is 5.97 Å². The molecule has 24 heavy (non-hydrogen) atoms. The summed E-state index contributed by atoms with van der Waals surface area (Å²) in [5, 5.41) is 11.9. The molecule has 6 nitrogen and oxygen atoms in total. The Kier molecular flexibility index (Phi) is 4.86. The number of aromatic carboxylic acids is 1. The average molecular weight is 326 g/mol. The Morgan fingerprint density at radius 3 is 2.75 bits per heavy atom. The van der Waals surface area contributed by atoms with Crippen molar-refractivity contribution in [1.29, 1.82) is 0 Å². The molecule has 2 N–H and O–H groups in total. The topological polar surface area (TPSA) is 88.5 Å². The minimum absolute atomic E-state index is 0.0158. The molecule has 2 heterocycles. The van der Waals surface area contributed by atoms with E-state index in [4.69, 9.17) is 9.84 Å². The van der Waals surface area contributed by atoms with Crippen LogP contribution in [0.3, 0.4) is 0 Å². The highest BCUT2D eigenvalue weighted by atomic mass is 16.5. The number of ether oxygens (including phenoxy) is 1. The van der Waals surface area contributed by atoms with E-state index >= 15 is 0 Å². The molecule has 2 aromatic rings. The zero-order valence-corrected chi connectivity index (χ0v) is 13.0. The molecular weight excluding hydrogens is 308 g/mol. The molecule has 0 radical (unpaired) electrons. The van der Waals surface area contributed by atoms with Crippen LogP contribution in [-0.2, 0) is 4.74 Å². The van der Waals surface area contributed by atoms with E-state index in [-0.39, 0.29) is 23.7 Å². The number of hydrogen-bond acceptors (Lipinski definition) is 4. The summed E-state index contributed by atoms with van der Waals surface area (Å²) in [6.45, 7) is 0.571. The Morgan fingerprint density at radius 1 is 1.21 bits per heavy atom. The lowest BCUT2D eigenvalue weighted by Gasteiger charge is -2.30. The molecule has 1 saturated heterocycles. The van der Waals surface area contributed by atoms with E-state index in [0.717, 1.165) is 12.0 Å². The van der Waals surface area contributed by atoms with Crippen LogP contribution in [-0.4, -0.2) is 34.6 Å². The monoisotopic (exact) mass is 326 g/mol. The summed E-state index contributed by atoms with van der Waals surface area (Å²) in [4.78, 5) is 27.0. The van der Waals surface area contributed by atoms with Gasteiger partial charge in [-0.1, -0.05) is 30.3 Å². The van der Waals surface area contributed by atoms with Crippen molar-refractivity contribution < 1.29 is 19.4 Å². The molecule has 1 amide bonds. The van der Waals surface area contributed by atoms with Crippen molar-refractivity contribution in [2.45, 2.75) is 25.0 Å². The molecule has 1 aliphatic rings. The fourth-order valence-corrected chi connectivity index (χ4v) is 2.79. The average Bonchev–Trinajstić information content (AvgIpc) is 2.63. The van der Waals surface area contributed by atoms with Crippen molar-refractivity contribution in [3.8, 4) is 0 Å². The molecule has 0 aliphatic carbocycles. The zero-order valence-electron chi connectivity index (χ0n) is 13.0. The number of amides is 1. The highest BCUT2D eigenvalue weighted by Crippen LogP contribution is 2.28. The van der Waals surface area contributed by atoms with Crippen molar-refractivity contribution in [3.05, 3.63) is 65.5 Å².